The van der Waals surface area contributed by atoms with Crippen LogP contribution in [-0.2, 0) is 0 Å². The molecule has 370 valence electrons. The Labute approximate surface area is 458 Å². The second kappa shape index (κ2) is 17.8. The van der Waals surface area contributed by atoms with Gasteiger partial charge in [-0.1, -0.05) is 245 Å². The highest BCUT2D eigenvalue weighted by Gasteiger charge is 2.40. The van der Waals surface area contributed by atoms with Gasteiger partial charge in [0.25, 0.3) is 0 Å². The summed E-state index contributed by atoms with van der Waals surface area (Å²) >= 11 is 0. The Kier molecular flexibility index (Phi) is 10.5. The van der Waals surface area contributed by atoms with Gasteiger partial charge in [-0.25, -0.2) is 0 Å². The topological polar surface area (TPSA) is 6.48 Å². The lowest BCUT2D eigenvalue weighted by molar-refractivity contribution is 1.29. The van der Waals surface area contributed by atoms with Gasteiger partial charge in [0.15, 0.2) is 0 Å². The van der Waals surface area contributed by atoms with Crippen LogP contribution >= 0.6 is 0 Å². The summed E-state index contributed by atoms with van der Waals surface area (Å²) in [6.07, 6.45) is 0. The predicted octanol–water partition coefficient (Wildman–Crippen LogP) is 18.2. The van der Waals surface area contributed by atoms with Crippen LogP contribution in [0.3, 0.4) is 0 Å². The summed E-state index contributed by atoms with van der Waals surface area (Å²) in [6, 6.07) is 101. The molecule has 0 bridgehead atoms. The van der Waals surface area contributed by atoms with Gasteiger partial charge in [0, 0.05) is 34.1 Å². The van der Waals surface area contributed by atoms with Crippen molar-refractivity contribution in [2.75, 3.05) is 9.80 Å². The number of nitrogens with zero attached hydrogens (tertiary/aromatic N) is 2. The molecule has 0 aromatic heterocycles. The quantitative estimate of drug-likeness (QED) is 0.121. The van der Waals surface area contributed by atoms with Gasteiger partial charge in [0.2, 0.25) is 0 Å². The maximum absolute atomic E-state index is 2.55. The Bertz CT molecular complexity index is 4200. The first-order chi connectivity index (χ1) is 38.3. The Morgan fingerprint density at radius 2 is 0.526 bits per heavy atom. The first kappa shape index (κ1) is 46.3. The highest BCUT2D eigenvalue weighted by atomic mass is 28.3. The van der Waals surface area contributed by atoms with Crippen molar-refractivity contribution in [3.8, 4) is 44.5 Å². The Morgan fingerprint density at radius 1 is 0.231 bits per heavy atom. The molecule has 0 unspecified atom stereocenters. The molecule has 13 aromatic rings. The first-order valence-electron chi connectivity index (χ1n) is 27.4. The molecular formula is C74H56N2Si2. The third kappa shape index (κ3) is 6.93. The summed E-state index contributed by atoms with van der Waals surface area (Å²) in [7, 11) is -4.11. The van der Waals surface area contributed by atoms with Crippen LogP contribution in [0.5, 0.6) is 0 Å². The fourth-order valence-corrected chi connectivity index (χ4v) is 19.7. The molecule has 2 nitrogen and oxygen atoms in total. The average molecular weight is 1030 g/mol. The Morgan fingerprint density at radius 3 is 0.910 bits per heavy atom. The molecule has 0 amide bonds. The molecule has 0 N–H and O–H groups in total. The van der Waals surface area contributed by atoms with Gasteiger partial charge < -0.3 is 9.80 Å². The minimum atomic E-state index is -2.05. The van der Waals surface area contributed by atoms with E-state index in [9.17, 15) is 0 Å². The highest BCUT2D eigenvalue weighted by Crippen LogP contribution is 2.52. The third-order valence-electron chi connectivity index (χ3n) is 17.4. The number of anilines is 6. The molecule has 0 fully saturated rings. The molecule has 0 saturated heterocycles. The van der Waals surface area contributed by atoms with E-state index >= 15 is 0 Å². The van der Waals surface area contributed by atoms with E-state index in [0.29, 0.717) is 0 Å². The molecule has 2 aliphatic rings. The van der Waals surface area contributed by atoms with Gasteiger partial charge >= 0.3 is 0 Å². The first-order valence-corrected chi connectivity index (χ1v) is 33.4. The molecule has 2 aliphatic heterocycles. The number of benzene rings is 13. The zero-order valence-electron chi connectivity index (χ0n) is 44.3. The molecule has 2 heterocycles. The SMILES string of the molecule is C[Si]1(C)c2ccccc2N(c2ccc3c(-c4ccccc4-c4cccc5ccccc45)c4cc(N5c6ccccc6[Si](C)(C)c6ccccc65)ccc4c(-c4ccccc4-c4cccc5ccccc45)c3c2)c2ccccc21. The van der Waals surface area contributed by atoms with E-state index in [1.807, 2.05) is 0 Å². The van der Waals surface area contributed by atoms with E-state index in [-0.39, 0.29) is 0 Å². The molecule has 13 aromatic carbocycles. The van der Waals surface area contributed by atoms with Gasteiger partial charge in [0.1, 0.15) is 16.1 Å². The molecule has 0 radical (unpaired) electrons. The Balaban J connectivity index is 1.10. The normalized spacial score (nSPS) is 14.1. The lowest BCUT2D eigenvalue weighted by Crippen LogP contribution is -2.58. The van der Waals surface area contributed by atoms with Crippen molar-refractivity contribution in [1.82, 2.24) is 0 Å². The lowest BCUT2D eigenvalue weighted by Gasteiger charge is -2.41. The van der Waals surface area contributed by atoms with Crippen molar-refractivity contribution in [3.63, 3.8) is 0 Å². The van der Waals surface area contributed by atoms with E-state index in [1.54, 1.807) is 0 Å². The zero-order valence-corrected chi connectivity index (χ0v) is 46.3. The maximum atomic E-state index is 2.55. The summed E-state index contributed by atoms with van der Waals surface area (Å²) in [5.41, 5.74) is 17.1. The van der Waals surface area contributed by atoms with Crippen LogP contribution in [0, 0.1) is 0 Å². The molecule has 4 heteroatoms. The highest BCUT2D eigenvalue weighted by molar-refractivity contribution is 7.03. The fourth-order valence-electron chi connectivity index (χ4n) is 13.7. The van der Waals surface area contributed by atoms with Gasteiger partial charge in [0.05, 0.1) is 0 Å². The van der Waals surface area contributed by atoms with E-state index < -0.39 is 16.1 Å². The van der Waals surface area contributed by atoms with Gasteiger partial charge in [-0.2, -0.15) is 0 Å². The second-order valence-corrected chi connectivity index (χ2v) is 31.0. The van der Waals surface area contributed by atoms with Crippen LogP contribution < -0.4 is 30.5 Å². The van der Waals surface area contributed by atoms with Crippen LogP contribution in [-0.4, -0.2) is 16.1 Å². The van der Waals surface area contributed by atoms with Crippen molar-refractivity contribution < 1.29 is 0 Å². The number of rotatable bonds is 6. The van der Waals surface area contributed by atoms with E-state index in [4.69, 9.17) is 0 Å². The Hall–Kier alpha value is -9.07. The van der Waals surface area contributed by atoms with Crippen LogP contribution in [0.1, 0.15) is 0 Å². The fraction of sp³-hybridized carbons (Fsp3) is 0.0541. The van der Waals surface area contributed by atoms with Crippen LogP contribution in [0.2, 0.25) is 26.2 Å². The third-order valence-corrected chi connectivity index (χ3v) is 24.5. The summed E-state index contributed by atoms with van der Waals surface area (Å²) in [6.45, 7) is 10.0. The lowest BCUT2D eigenvalue weighted by atomic mass is 9.81. The predicted molar refractivity (Wildman–Crippen MR) is 341 cm³/mol. The summed E-state index contributed by atoms with van der Waals surface area (Å²) in [4.78, 5) is 5.10. The molecule has 78 heavy (non-hydrogen) atoms. The molecule has 15 rings (SSSR count). The molecule has 0 spiro atoms. The average Bonchev–Trinajstić information content (AvgIpc) is 3.48. The zero-order chi connectivity index (χ0) is 52.3. The maximum Gasteiger partial charge on any atom is 0.117 e. The van der Waals surface area contributed by atoms with Crippen molar-refractivity contribution in [3.05, 3.63) is 267 Å². The summed E-state index contributed by atoms with van der Waals surface area (Å²) in [5.74, 6) is 0. The van der Waals surface area contributed by atoms with E-state index in [1.165, 1.54) is 131 Å². The smallest absolute Gasteiger partial charge is 0.117 e. The van der Waals surface area contributed by atoms with Crippen molar-refractivity contribution in [2.45, 2.75) is 26.2 Å². The van der Waals surface area contributed by atoms with Crippen molar-refractivity contribution in [2.24, 2.45) is 0 Å². The minimum Gasteiger partial charge on any atom is -0.311 e. The van der Waals surface area contributed by atoms with Crippen molar-refractivity contribution in [1.29, 1.82) is 0 Å². The molecule has 0 aliphatic carbocycles. The summed E-state index contributed by atoms with van der Waals surface area (Å²) in [5, 5.41) is 15.6. The van der Waals surface area contributed by atoms with E-state index in [2.05, 4.69) is 303 Å². The largest absolute Gasteiger partial charge is 0.311 e. The van der Waals surface area contributed by atoms with Crippen molar-refractivity contribution >= 4 is 114 Å². The number of fused-ring (bicyclic) bond motifs is 8. The number of hydrogen-bond acceptors (Lipinski definition) is 2. The van der Waals surface area contributed by atoms with Crippen LogP contribution in [0.25, 0.3) is 87.6 Å². The summed E-state index contributed by atoms with van der Waals surface area (Å²) < 4.78 is 0. The van der Waals surface area contributed by atoms with Crippen LogP contribution in [0.4, 0.5) is 34.1 Å². The molecular weight excluding hydrogens is 973 g/mol. The monoisotopic (exact) mass is 1030 g/mol. The number of hydrogen-bond donors (Lipinski definition) is 0. The van der Waals surface area contributed by atoms with E-state index in [0.717, 1.165) is 11.4 Å². The van der Waals surface area contributed by atoms with Gasteiger partial charge in [-0.3, -0.25) is 0 Å². The molecule has 0 atom stereocenters. The molecule has 0 saturated carbocycles. The van der Waals surface area contributed by atoms with Gasteiger partial charge in [-0.05, 0) is 157 Å². The van der Waals surface area contributed by atoms with Gasteiger partial charge in [-0.15, -0.1) is 0 Å². The number of para-hydroxylation sites is 4. The standard InChI is InChI=1S/C74H56N2Si2/c1-77(2)69-39-17-13-35-65(69)75(66-36-14-18-40-70(66)77)51-43-45-61-63(47-51)73(59-31-11-9-29-57(59)55-33-21-25-49-23-5-7-27-53(49)55)62-46-44-52(76-67-37-15-19-41-71(67)78(3,4)72-42-20-16-38-68(72)76)48-64(62)74(61)60-32-12-10-30-58(60)56-34-22-26-50-24-6-8-28-54(50)56/h5-48H,1-4H3. The minimum absolute atomic E-state index is 1.15. The second-order valence-electron chi connectivity index (χ2n) is 22.3. The van der Waals surface area contributed by atoms with Crippen LogP contribution in [0.15, 0.2) is 267 Å².